The second kappa shape index (κ2) is 11.1. The summed E-state index contributed by atoms with van der Waals surface area (Å²) in [6.07, 6.45) is -4.70. The summed E-state index contributed by atoms with van der Waals surface area (Å²) in [5.41, 5.74) is 2.01. The van der Waals surface area contributed by atoms with Crippen molar-refractivity contribution in [2.24, 2.45) is 0 Å². The summed E-state index contributed by atoms with van der Waals surface area (Å²) in [4.78, 5) is 2.35. The maximum absolute atomic E-state index is 12.6. The van der Waals surface area contributed by atoms with E-state index >= 15 is 0 Å². The van der Waals surface area contributed by atoms with Crippen LogP contribution < -0.4 is 14.8 Å². The van der Waals surface area contributed by atoms with Crippen molar-refractivity contribution in [2.75, 3.05) is 33.3 Å². The molecule has 0 amide bonds. The highest BCUT2D eigenvalue weighted by molar-refractivity contribution is 5.91. The number of hydrogen-bond acceptors (Lipinski definition) is 4. The molecule has 0 radical (unpaired) electrons. The van der Waals surface area contributed by atoms with Gasteiger partial charge in [0.1, 0.15) is 11.5 Å². The van der Waals surface area contributed by atoms with E-state index in [0.717, 1.165) is 53.8 Å². The molecule has 1 N–H and O–H groups in total. The molecule has 0 aromatic heterocycles. The van der Waals surface area contributed by atoms with E-state index in [0.29, 0.717) is 0 Å². The molecule has 1 saturated heterocycles. The fourth-order valence-electron chi connectivity index (χ4n) is 4.09. The van der Waals surface area contributed by atoms with E-state index < -0.39 is 6.36 Å². The summed E-state index contributed by atoms with van der Waals surface area (Å²) < 4.78 is 47.2. The summed E-state index contributed by atoms with van der Waals surface area (Å²) in [6, 6.07) is 18.1. The van der Waals surface area contributed by atoms with Crippen LogP contribution in [0.15, 0.2) is 60.7 Å². The summed E-state index contributed by atoms with van der Waals surface area (Å²) in [7, 11) is 1.65. The SMILES string of the molecule is COc1ccc([C@@H](c2ccc(OC(F)(F)F)cc2)N2CCNCC2)c2ccccc12.Cl.Cl. The minimum absolute atomic E-state index is 0. The van der Waals surface area contributed by atoms with Crippen molar-refractivity contribution in [3.63, 3.8) is 0 Å². The highest BCUT2D eigenvalue weighted by Crippen LogP contribution is 2.38. The van der Waals surface area contributed by atoms with Gasteiger partial charge in [-0.3, -0.25) is 4.90 Å². The molecule has 1 aliphatic rings. The van der Waals surface area contributed by atoms with E-state index in [-0.39, 0.29) is 36.6 Å². The highest BCUT2D eigenvalue weighted by atomic mass is 35.5. The molecule has 0 unspecified atom stereocenters. The Balaban J connectivity index is 0.00000181. The average molecular weight is 489 g/mol. The van der Waals surface area contributed by atoms with Crippen LogP contribution in [0.1, 0.15) is 17.2 Å². The van der Waals surface area contributed by atoms with E-state index in [1.807, 2.05) is 30.3 Å². The smallest absolute Gasteiger partial charge is 0.496 e. The van der Waals surface area contributed by atoms with Crippen LogP contribution in [0.3, 0.4) is 0 Å². The fraction of sp³-hybridized carbons (Fsp3) is 0.304. The van der Waals surface area contributed by atoms with Crippen molar-refractivity contribution < 1.29 is 22.6 Å². The van der Waals surface area contributed by atoms with Crippen LogP contribution in [-0.4, -0.2) is 44.6 Å². The molecule has 4 rings (SSSR count). The van der Waals surface area contributed by atoms with Gasteiger partial charge in [0.25, 0.3) is 0 Å². The molecule has 0 spiro atoms. The van der Waals surface area contributed by atoms with Crippen LogP contribution in [0.4, 0.5) is 13.2 Å². The van der Waals surface area contributed by atoms with Crippen LogP contribution in [0.5, 0.6) is 11.5 Å². The van der Waals surface area contributed by atoms with Crippen molar-refractivity contribution in [2.45, 2.75) is 12.4 Å². The molecule has 32 heavy (non-hydrogen) atoms. The number of hydrogen-bond donors (Lipinski definition) is 1. The lowest BCUT2D eigenvalue weighted by Gasteiger charge is -2.36. The van der Waals surface area contributed by atoms with Crippen molar-refractivity contribution in [3.05, 3.63) is 71.8 Å². The molecular formula is C23H25Cl2F3N2O2. The number of benzene rings is 3. The van der Waals surface area contributed by atoms with Gasteiger partial charge >= 0.3 is 6.36 Å². The molecule has 4 nitrogen and oxygen atoms in total. The number of nitrogens with one attached hydrogen (secondary N) is 1. The Morgan fingerprint density at radius 3 is 2.09 bits per heavy atom. The Hall–Kier alpha value is -2.19. The number of fused-ring (bicyclic) bond motifs is 1. The Morgan fingerprint density at radius 1 is 0.875 bits per heavy atom. The molecule has 1 heterocycles. The Kier molecular flexibility index (Phi) is 9.04. The van der Waals surface area contributed by atoms with Gasteiger partial charge in [0.15, 0.2) is 0 Å². The quantitative estimate of drug-likeness (QED) is 0.507. The number of ether oxygens (including phenoxy) is 2. The van der Waals surface area contributed by atoms with Crippen LogP contribution in [0, 0.1) is 0 Å². The van der Waals surface area contributed by atoms with Crippen LogP contribution in [0.2, 0.25) is 0 Å². The molecule has 0 aliphatic carbocycles. The normalized spacial score (nSPS) is 15.4. The number of alkyl halides is 3. The van der Waals surface area contributed by atoms with Crippen molar-refractivity contribution in [1.82, 2.24) is 10.2 Å². The lowest BCUT2D eigenvalue weighted by molar-refractivity contribution is -0.274. The zero-order chi connectivity index (χ0) is 21.1. The number of methoxy groups -OCH3 is 1. The van der Waals surface area contributed by atoms with E-state index in [4.69, 9.17) is 4.74 Å². The summed E-state index contributed by atoms with van der Waals surface area (Å²) in [6.45, 7) is 3.40. The van der Waals surface area contributed by atoms with Gasteiger partial charge in [-0.2, -0.15) is 0 Å². The maximum atomic E-state index is 12.6. The van der Waals surface area contributed by atoms with Gasteiger partial charge < -0.3 is 14.8 Å². The summed E-state index contributed by atoms with van der Waals surface area (Å²) in [5.74, 6) is 0.576. The second-order valence-electron chi connectivity index (χ2n) is 7.21. The topological polar surface area (TPSA) is 33.7 Å². The van der Waals surface area contributed by atoms with Crippen molar-refractivity contribution >= 4 is 35.6 Å². The van der Waals surface area contributed by atoms with Gasteiger partial charge in [-0.05, 0) is 34.7 Å². The average Bonchev–Trinajstić information content (AvgIpc) is 2.75. The summed E-state index contributed by atoms with van der Waals surface area (Å²) >= 11 is 0. The van der Waals surface area contributed by atoms with Gasteiger partial charge in [-0.1, -0.05) is 42.5 Å². The first-order chi connectivity index (χ1) is 14.5. The molecule has 1 fully saturated rings. The standard InChI is InChI=1S/C23H23F3N2O2.2ClH/c1-29-21-11-10-20(18-4-2-3-5-19(18)21)22(28-14-12-27-13-15-28)16-6-8-17(9-7-16)30-23(24,25)26;;/h2-11,22,27H,12-15H2,1H3;2*1H/t22-;;/m1../s1. The molecule has 1 atom stereocenters. The lowest BCUT2D eigenvalue weighted by atomic mass is 9.91. The molecule has 174 valence electrons. The lowest BCUT2D eigenvalue weighted by Crippen LogP contribution is -2.45. The van der Waals surface area contributed by atoms with Crippen LogP contribution in [0.25, 0.3) is 10.8 Å². The predicted molar refractivity (Wildman–Crippen MR) is 124 cm³/mol. The predicted octanol–water partition coefficient (Wildman–Crippen LogP) is 5.59. The zero-order valence-electron chi connectivity index (χ0n) is 17.4. The molecule has 3 aromatic rings. The van der Waals surface area contributed by atoms with Crippen molar-refractivity contribution in [1.29, 1.82) is 0 Å². The van der Waals surface area contributed by atoms with E-state index in [2.05, 4.69) is 21.0 Å². The van der Waals surface area contributed by atoms with Gasteiger partial charge in [-0.15, -0.1) is 38.0 Å². The number of piperazine rings is 1. The van der Waals surface area contributed by atoms with Gasteiger partial charge in [0, 0.05) is 31.6 Å². The van der Waals surface area contributed by atoms with E-state index in [1.165, 1.54) is 12.1 Å². The van der Waals surface area contributed by atoms with Gasteiger partial charge in [0.05, 0.1) is 13.2 Å². The summed E-state index contributed by atoms with van der Waals surface area (Å²) in [5, 5.41) is 5.43. The molecule has 0 bridgehead atoms. The third kappa shape index (κ3) is 5.78. The first-order valence-corrected chi connectivity index (χ1v) is 9.82. The van der Waals surface area contributed by atoms with Gasteiger partial charge in [-0.25, -0.2) is 0 Å². The minimum atomic E-state index is -4.70. The second-order valence-corrected chi connectivity index (χ2v) is 7.21. The van der Waals surface area contributed by atoms with E-state index in [1.54, 1.807) is 19.2 Å². The molecule has 3 aromatic carbocycles. The van der Waals surface area contributed by atoms with Crippen molar-refractivity contribution in [3.8, 4) is 11.5 Å². The molecular weight excluding hydrogens is 464 g/mol. The number of rotatable bonds is 5. The number of nitrogens with zero attached hydrogens (tertiary/aromatic N) is 1. The van der Waals surface area contributed by atoms with E-state index in [9.17, 15) is 13.2 Å². The van der Waals surface area contributed by atoms with Crippen LogP contribution >= 0.6 is 24.8 Å². The van der Waals surface area contributed by atoms with Crippen LogP contribution in [-0.2, 0) is 0 Å². The fourth-order valence-corrected chi connectivity index (χ4v) is 4.09. The molecule has 9 heteroatoms. The first kappa shape index (κ1) is 26.1. The first-order valence-electron chi connectivity index (χ1n) is 9.82. The minimum Gasteiger partial charge on any atom is -0.496 e. The highest BCUT2D eigenvalue weighted by Gasteiger charge is 2.31. The zero-order valence-corrected chi connectivity index (χ0v) is 19.0. The van der Waals surface area contributed by atoms with Gasteiger partial charge in [0.2, 0.25) is 0 Å². The largest absolute Gasteiger partial charge is 0.573 e. The Morgan fingerprint density at radius 2 is 1.50 bits per heavy atom. The third-order valence-electron chi connectivity index (χ3n) is 5.38. The Bertz CT molecular complexity index is 1010. The molecule has 1 aliphatic heterocycles. The third-order valence-corrected chi connectivity index (χ3v) is 5.38. The monoisotopic (exact) mass is 488 g/mol. The Labute approximate surface area is 197 Å². The molecule has 0 saturated carbocycles. The number of halogens is 5. The maximum Gasteiger partial charge on any atom is 0.573 e.